The fourth-order valence-electron chi connectivity index (χ4n) is 2.64. The lowest BCUT2D eigenvalue weighted by atomic mass is 10.0. The number of carbonyl (C=O) groups excluding carboxylic acids is 3. The van der Waals surface area contributed by atoms with Crippen molar-refractivity contribution in [3.05, 3.63) is 93.1 Å². The number of aryl methyl sites for hydroxylation is 2. The third-order valence-electron chi connectivity index (χ3n) is 4.69. The van der Waals surface area contributed by atoms with Crippen molar-refractivity contribution in [1.29, 1.82) is 0 Å². The molecule has 1 aromatic heterocycles. The number of halogens is 1. The quantitative estimate of drug-likeness (QED) is 0.300. The highest BCUT2D eigenvalue weighted by molar-refractivity contribution is 6.31. The van der Waals surface area contributed by atoms with Crippen molar-refractivity contribution < 1.29 is 14.4 Å². The van der Waals surface area contributed by atoms with Gasteiger partial charge in [0, 0.05) is 34.8 Å². The van der Waals surface area contributed by atoms with E-state index in [4.69, 9.17) is 11.6 Å². The molecular weight excluding hydrogens is 452 g/mol. The van der Waals surface area contributed by atoms with Gasteiger partial charge in [0.25, 0.3) is 5.91 Å². The van der Waals surface area contributed by atoms with Gasteiger partial charge >= 0.3 is 0 Å². The van der Waals surface area contributed by atoms with Crippen molar-refractivity contribution in [2.45, 2.75) is 27.7 Å². The molecule has 0 bridgehead atoms. The number of benzene rings is 2. The molecule has 34 heavy (non-hydrogen) atoms. The largest absolute Gasteiger partial charge is 0.311 e. The molecule has 0 unspecified atom stereocenters. The minimum atomic E-state index is -0.434. The molecule has 2 aromatic carbocycles. The van der Waals surface area contributed by atoms with E-state index < -0.39 is 5.91 Å². The number of pyridine rings is 1. The van der Waals surface area contributed by atoms with Crippen molar-refractivity contribution in [3.63, 3.8) is 0 Å². The Morgan fingerprint density at radius 3 is 2.35 bits per heavy atom. The Bertz CT molecular complexity index is 1220. The molecule has 0 radical (unpaired) electrons. The molecule has 0 atom stereocenters. The molecule has 0 aliphatic rings. The Morgan fingerprint density at radius 1 is 1.00 bits per heavy atom. The number of anilines is 1. The predicted octanol–water partition coefficient (Wildman–Crippen LogP) is 4.10. The zero-order valence-corrected chi connectivity index (χ0v) is 20.1. The summed E-state index contributed by atoms with van der Waals surface area (Å²) in [4.78, 5) is 37.1. The summed E-state index contributed by atoms with van der Waals surface area (Å²) < 4.78 is 0. The number of hydrogen-bond donors (Lipinski definition) is 3. The number of carbonyl (C=O) groups is 3. The maximum Gasteiger partial charge on any atom is 0.269 e. The monoisotopic (exact) mass is 476 g/mol. The van der Waals surface area contributed by atoms with Gasteiger partial charge in [0.1, 0.15) is 5.82 Å². The van der Waals surface area contributed by atoms with Gasteiger partial charge in [0.2, 0.25) is 12.3 Å². The molecule has 8 heteroatoms. The average Bonchev–Trinajstić information content (AvgIpc) is 2.81. The lowest BCUT2D eigenvalue weighted by Crippen LogP contribution is -2.36. The van der Waals surface area contributed by atoms with Crippen LogP contribution in [0.3, 0.4) is 0 Å². The summed E-state index contributed by atoms with van der Waals surface area (Å²) in [6, 6.07) is 14.4. The first kappa shape index (κ1) is 26.1. The molecular formula is C26H25ClN4O3. The van der Waals surface area contributed by atoms with E-state index in [-0.39, 0.29) is 5.91 Å². The van der Waals surface area contributed by atoms with E-state index in [1.807, 2.05) is 26.0 Å². The van der Waals surface area contributed by atoms with Crippen LogP contribution in [0.4, 0.5) is 5.82 Å². The van der Waals surface area contributed by atoms with Gasteiger partial charge < -0.3 is 5.32 Å². The van der Waals surface area contributed by atoms with E-state index in [9.17, 15) is 14.4 Å². The molecule has 0 aliphatic heterocycles. The second-order valence-electron chi connectivity index (χ2n) is 7.29. The highest BCUT2D eigenvalue weighted by Crippen LogP contribution is 2.17. The summed E-state index contributed by atoms with van der Waals surface area (Å²) in [5.41, 5.74) is 9.42. The first-order valence-electron chi connectivity index (χ1n) is 10.3. The van der Waals surface area contributed by atoms with Crippen LogP contribution in [-0.2, 0) is 9.59 Å². The summed E-state index contributed by atoms with van der Waals surface area (Å²) in [5, 5.41) is 3.43. The molecule has 0 saturated heterocycles. The zero-order chi connectivity index (χ0) is 25.1. The van der Waals surface area contributed by atoms with Crippen molar-refractivity contribution in [1.82, 2.24) is 15.8 Å². The number of nitrogens with one attached hydrogen (secondary N) is 3. The summed E-state index contributed by atoms with van der Waals surface area (Å²) in [6.07, 6.45) is 1.93. The lowest BCUT2D eigenvalue weighted by molar-refractivity contribution is -0.114. The number of hydrogen-bond acceptors (Lipinski definition) is 4. The van der Waals surface area contributed by atoms with E-state index in [1.54, 1.807) is 36.5 Å². The standard InChI is InChI=1S/C18H16N4O3.C8H9Cl/c1-12-3-6-16(18(25)22-20-11-23)9-15(12)7-4-14-5-8-17(19-10-14)21-13(2)24;1-6-4-3-5-8(9)7(6)2/h3,5-6,8-11H,1-2H3,(H,20,23)(H,22,25)(H,19,21,24);3-5H,1-2H3. The molecule has 174 valence electrons. The second-order valence-corrected chi connectivity index (χ2v) is 7.70. The molecule has 3 amide bonds. The van der Waals surface area contributed by atoms with E-state index in [2.05, 4.69) is 46.0 Å². The number of nitrogens with zero attached hydrogens (tertiary/aromatic N) is 1. The Balaban J connectivity index is 0.000000379. The first-order chi connectivity index (χ1) is 16.2. The van der Waals surface area contributed by atoms with E-state index in [0.717, 1.165) is 10.6 Å². The van der Waals surface area contributed by atoms with Crippen LogP contribution in [0.5, 0.6) is 0 Å². The Hall–Kier alpha value is -4.15. The van der Waals surface area contributed by atoms with Crippen molar-refractivity contribution in [2.75, 3.05) is 5.32 Å². The molecule has 3 N–H and O–H groups in total. The van der Waals surface area contributed by atoms with Gasteiger partial charge in [0.15, 0.2) is 0 Å². The van der Waals surface area contributed by atoms with Crippen LogP contribution in [0.15, 0.2) is 54.7 Å². The number of hydrazine groups is 1. The molecule has 0 fully saturated rings. The van der Waals surface area contributed by atoms with E-state index in [0.29, 0.717) is 28.9 Å². The molecule has 3 aromatic rings. The van der Waals surface area contributed by atoms with Crippen LogP contribution < -0.4 is 16.2 Å². The Labute approximate surface area is 203 Å². The Morgan fingerprint density at radius 2 is 1.76 bits per heavy atom. The van der Waals surface area contributed by atoms with Crippen LogP contribution in [0.1, 0.15) is 45.1 Å². The highest BCUT2D eigenvalue weighted by Gasteiger charge is 2.06. The molecule has 0 saturated carbocycles. The van der Waals surface area contributed by atoms with Crippen LogP contribution in [-0.4, -0.2) is 23.2 Å². The maximum atomic E-state index is 11.8. The van der Waals surface area contributed by atoms with Gasteiger partial charge in [-0.3, -0.25) is 25.2 Å². The lowest BCUT2D eigenvalue weighted by Gasteiger charge is -2.05. The molecule has 7 nitrogen and oxygen atoms in total. The summed E-state index contributed by atoms with van der Waals surface area (Å²) in [7, 11) is 0. The normalized spacial score (nSPS) is 9.44. The molecule has 0 aliphatic carbocycles. The van der Waals surface area contributed by atoms with Crippen molar-refractivity contribution >= 4 is 35.6 Å². The van der Waals surface area contributed by atoms with Gasteiger partial charge in [-0.2, -0.15) is 0 Å². The van der Waals surface area contributed by atoms with E-state index in [1.165, 1.54) is 18.1 Å². The molecule has 1 heterocycles. The fraction of sp³-hybridized carbons (Fsp3) is 0.154. The van der Waals surface area contributed by atoms with Crippen LogP contribution in [0.25, 0.3) is 0 Å². The van der Waals surface area contributed by atoms with Crippen LogP contribution >= 0.6 is 11.6 Å². The van der Waals surface area contributed by atoms with Crippen molar-refractivity contribution in [3.8, 4) is 11.8 Å². The topological polar surface area (TPSA) is 100 Å². The summed E-state index contributed by atoms with van der Waals surface area (Å²) in [6.45, 7) is 7.37. The molecule has 0 spiro atoms. The minimum Gasteiger partial charge on any atom is -0.311 e. The van der Waals surface area contributed by atoms with Crippen LogP contribution in [0.2, 0.25) is 5.02 Å². The smallest absolute Gasteiger partial charge is 0.269 e. The highest BCUT2D eigenvalue weighted by atomic mass is 35.5. The first-order valence-corrected chi connectivity index (χ1v) is 10.7. The average molecular weight is 477 g/mol. The van der Waals surface area contributed by atoms with Gasteiger partial charge in [-0.1, -0.05) is 41.6 Å². The van der Waals surface area contributed by atoms with Gasteiger partial charge in [-0.05, 0) is 67.8 Å². The zero-order valence-electron chi connectivity index (χ0n) is 19.3. The number of aromatic nitrogens is 1. The van der Waals surface area contributed by atoms with Crippen molar-refractivity contribution in [2.24, 2.45) is 0 Å². The second kappa shape index (κ2) is 12.8. The third kappa shape index (κ3) is 8.08. The fourth-order valence-corrected chi connectivity index (χ4v) is 2.86. The van der Waals surface area contributed by atoms with Gasteiger partial charge in [-0.25, -0.2) is 4.98 Å². The SMILES string of the molecule is CC(=O)Nc1ccc(C#Cc2cc(C(=O)NNC=O)ccc2C)cn1.Cc1cccc(Cl)c1C. The molecule has 3 rings (SSSR count). The summed E-state index contributed by atoms with van der Waals surface area (Å²) in [5.74, 6) is 5.78. The third-order valence-corrected chi connectivity index (χ3v) is 5.10. The van der Waals surface area contributed by atoms with Gasteiger partial charge in [0.05, 0.1) is 0 Å². The predicted molar refractivity (Wildman–Crippen MR) is 133 cm³/mol. The maximum absolute atomic E-state index is 11.8. The Kier molecular flexibility index (Phi) is 9.81. The number of amides is 3. The minimum absolute atomic E-state index is 0.193. The van der Waals surface area contributed by atoms with Gasteiger partial charge in [-0.15, -0.1) is 0 Å². The summed E-state index contributed by atoms with van der Waals surface area (Å²) >= 11 is 5.81. The number of rotatable bonds is 4. The van der Waals surface area contributed by atoms with E-state index >= 15 is 0 Å². The van der Waals surface area contributed by atoms with Crippen LogP contribution in [0, 0.1) is 32.6 Å².